The Hall–Kier alpha value is -2.08. The number of hydrogen-bond donors (Lipinski definition) is 3. The van der Waals surface area contributed by atoms with Gasteiger partial charge in [-0.3, -0.25) is 9.59 Å². The van der Waals surface area contributed by atoms with Crippen molar-refractivity contribution in [3.63, 3.8) is 0 Å². The lowest BCUT2D eigenvalue weighted by atomic mass is 10.2. The molecule has 0 bridgehead atoms. The van der Waals surface area contributed by atoms with Gasteiger partial charge in [-0.2, -0.15) is 0 Å². The highest BCUT2D eigenvalue weighted by molar-refractivity contribution is 5.90. The summed E-state index contributed by atoms with van der Waals surface area (Å²) in [5.41, 5.74) is 5.97. The Kier molecular flexibility index (Phi) is 6.38. The number of carbonyl (C=O) groups is 2. The SMILES string of the molecule is CNC(=O)COc1cccc(NC(=O)CCCN)c1. The van der Waals surface area contributed by atoms with Crippen molar-refractivity contribution in [2.24, 2.45) is 5.73 Å². The molecule has 0 atom stereocenters. The Bertz CT molecular complexity index is 435. The van der Waals surface area contributed by atoms with Crippen LogP contribution in [0, 0.1) is 0 Å². The van der Waals surface area contributed by atoms with E-state index < -0.39 is 0 Å². The summed E-state index contributed by atoms with van der Waals surface area (Å²) >= 11 is 0. The molecule has 6 heteroatoms. The molecule has 1 aromatic carbocycles. The third-order valence-electron chi connectivity index (χ3n) is 2.37. The van der Waals surface area contributed by atoms with Crippen LogP contribution in [0.2, 0.25) is 0 Å². The minimum absolute atomic E-state index is 0.0545. The maximum absolute atomic E-state index is 11.5. The van der Waals surface area contributed by atoms with Gasteiger partial charge in [-0.05, 0) is 25.1 Å². The quantitative estimate of drug-likeness (QED) is 0.669. The number of likely N-dealkylation sites (N-methyl/N-ethyl adjacent to an activating group) is 1. The van der Waals surface area contributed by atoms with Crippen molar-refractivity contribution in [3.05, 3.63) is 24.3 Å². The predicted octanol–water partition coefficient (Wildman–Crippen LogP) is 0.489. The molecule has 1 aromatic rings. The van der Waals surface area contributed by atoms with Gasteiger partial charge in [0.05, 0.1) is 0 Å². The largest absolute Gasteiger partial charge is 0.484 e. The van der Waals surface area contributed by atoms with E-state index in [-0.39, 0.29) is 18.4 Å². The summed E-state index contributed by atoms with van der Waals surface area (Å²) < 4.78 is 5.28. The van der Waals surface area contributed by atoms with E-state index in [0.29, 0.717) is 30.8 Å². The number of ether oxygens (including phenoxy) is 1. The molecular weight excluding hydrogens is 246 g/mol. The van der Waals surface area contributed by atoms with Gasteiger partial charge in [0, 0.05) is 25.2 Å². The summed E-state index contributed by atoms with van der Waals surface area (Å²) in [6.45, 7) is 0.434. The highest BCUT2D eigenvalue weighted by atomic mass is 16.5. The zero-order chi connectivity index (χ0) is 14.1. The van der Waals surface area contributed by atoms with Crippen molar-refractivity contribution in [3.8, 4) is 5.75 Å². The number of nitrogens with one attached hydrogen (secondary N) is 2. The van der Waals surface area contributed by atoms with Gasteiger partial charge in [-0.1, -0.05) is 6.07 Å². The summed E-state index contributed by atoms with van der Waals surface area (Å²) in [4.78, 5) is 22.6. The Morgan fingerprint density at radius 3 is 2.79 bits per heavy atom. The molecule has 0 aliphatic heterocycles. The highest BCUT2D eigenvalue weighted by Gasteiger charge is 2.04. The molecule has 0 radical (unpaired) electrons. The van der Waals surface area contributed by atoms with Crippen LogP contribution in [0.25, 0.3) is 0 Å². The van der Waals surface area contributed by atoms with E-state index in [9.17, 15) is 9.59 Å². The van der Waals surface area contributed by atoms with Gasteiger partial charge < -0.3 is 21.1 Å². The second-order valence-electron chi connectivity index (χ2n) is 3.93. The van der Waals surface area contributed by atoms with Crippen molar-refractivity contribution in [2.45, 2.75) is 12.8 Å². The fraction of sp³-hybridized carbons (Fsp3) is 0.385. The zero-order valence-corrected chi connectivity index (χ0v) is 10.9. The minimum Gasteiger partial charge on any atom is -0.484 e. The van der Waals surface area contributed by atoms with Gasteiger partial charge in [0.1, 0.15) is 5.75 Å². The van der Waals surface area contributed by atoms with Crippen molar-refractivity contribution in [1.82, 2.24) is 5.32 Å². The molecule has 0 spiro atoms. The van der Waals surface area contributed by atoms with Crippen molar-refractivity contribution in [1.29, 1.82) is 0 Å². The Balaban J connectivity index is 2.51. The van der Waals surface area contributed by atoms with Crippen LogP contribution in [-0.4, -0.2) is 32.0 Å². The van der Waals surface area contributed by atoms with Gasteiger partial charge in [-0.15, -0.1) is 0 Å². The Morgan fingerprint density at radius 1 is 1.32 bits per heavy atom. The average molecular weight is 265 g/mol. The normalized spacial score (nSPS) is 9.79. The molecule has 0 heterocycles. The maximum atomic E-state index is 11.5. The molecule has 0 unspecified atom stereocenters. The molecule has 0 aliphatic carbocycles. The first kappa shape index (κ1) is 15.0. The van der Waals surface area contributed by atoms with Crippen molar-refractivity contribution in [2.75, 3.05) is 25.5 Å². The van der Waals surface area contributed by atoms with Gasteiger partial charge in [0.2, 0.25) is 5.91 Å². The fourth-order valence-electron chi connectivity index (χ4n) is 1.37. The smallest absolute Gasteiger partial charge is 0.257 e. The summed E-state index contributed by atoms with van der Waals surface area (Å²) in [5.74, 6) is 0.228. The van der Waals surface area contributed by atoms with E-state index in [2.05, 4.69) is 10.6 Å². The van der Waals surface area contributed by atoms with Crippen LogP contribution < -0.4 is 21.1 Å². The fourth-order valence-corrected chi connectivity index (χ4v) is 1.37. The number of carbonyl (C=O) groups excluding carboxylic acids is 2. The van der Waals surface area contributed by atoms with Gasteiger partial charge in [-0.25, -0.2) is 0 Å². The monoisotopic (exact) mass is 265 g/mol. The third-order valence-corrected chi connectivity index (χ3v) is 2.37. The minimum atomic E-state index is -0.211. The molecule has 2 amide bonds. The lowest BCUT2D eigenvalue weighted by molar-refractivity contribution is -0.122. The summed E-state index contributed by atoms with van der Waals surface area (Å²) in [6, 6.07) is 6.90. The molecule has 104 valence electrons. The van der Waals surface area contributed by atoms with Crippen LogP contribution in [-0.2, 0) is 9.59 Å². The second kappa shape index (κ2) is 8.10. The molecule has 4 N–H and O–H groups in total. The average Bonchev–Trinajstić information content (AvgIpc) is 2.43. The molecular formula is C13H19N3O3. The van der Waals surface area contributed by atoms with E-state index in [4.69, 9.17) is 10.5 Å². The number of rotatable bonds is 7. The van der Waals surface area contributed by atoms with E-state index in [1.165, 1.54) is 0 Å². The number of nitrogens with two attached hydrogens (primary N) is 1. The highest BCUT2D eigenvalue weighted by Crippen LogP contribution is 2.17. The number of benzene rings is 1. The van der Waals surface area contributed by atoms with Gasteiger partial charge in [0.15, 0.2) is 6.61 Å². The second-order valence-corrected chi connectivity index (χ2v) is 3.93. The molecule has 1 rings (SSSR count). The standard InChI is InChI=1S/C13H19N3O3/c1-15-13(18)9-19-11-5-2-4-10(8-11)16-12(17)6-3-7-14/h2,4-5,8H,3,6-7,9,14H2,1H3,(H,15,18)(H,16,17). The van der Waals surface area contributed by atoms with Crippen molar-refractivity contribution >= 4 is 17.5 Å². The van der Waals surface area contributed by atoms with Crippen LogP contribution in [0.15, 0.2) is 24.3 Å². The lowest BCUT2D eigenvalue weighted by Gasteiger charge is -2.08. The number of hydrogen-bond acceptors (Lipinski definition) is 4. The van der Waals surface area contributed by atoms with E-state index in [1.807, 2.05) is 0 Å². The molecule has 0 aliphatic rings. The molecule has 6 nitrogen and oxygen atoms in total. The van der Waals surface area contributed by atoms with E-state index >= 15 is 0 Å². The summed E-state index contributed by atoms with van der Waals surface area (Å²) in [5, 5.41) is 5.20. The number of anilines is 1. The van der Waals surface area contributed by atoms with Crippen LogP contribution in [0.4, 0.5) is 5.69 Å². The van der Waals surface area contributed by atoms with Crippen molar-refractivity contribution < 1.29 is 14.3 Å². The molecule has 0 aromatic heterocycles. The molecule has 19 heavy (non-hydrogen) atoms. The topological polar surface area (TPSA) is 93.5 Å². The first-order valence-corrected chi connectivity index (χ1v) is 6.09. The Labute approximate surface area is 112 Å². The van der Waals surface area contributed by atoms with Crippen LogP contribution in [0.1, 0.15) is 12.8 Å². The van der Waals surface area contributed by atoms with Crippen LogP contribution in [0.3, 0.4) is 0 Å². The number of amides is 2. The van der Waals surface area contributed by atoms with Gasteiger partial charge in [0.25, 0.3) is 5.91 Å². The van der Waals surface area contributed by atoms with E-state index in [0.717, 1.165) is 0 Å². The van der Waals surface area contributed by atoms with Gasteiger partial charge >= 0.3 is 0 Å². The predicted molar refractivity (Wildman–Crippen MR) is 72.9 cm³/mol. The first-order chi connectivity index (χ1) is 9.15. The van der Waals surface area contributed by atoms with E-state index in [1.54, 1.807) is 31.3 Å². The first-order valence-electron chi connectivity index (χ1n) is 6.09. The third kappa shape index (κ3) is 5.87. The molecule has 0 saturated carbocycles. The molecule has 0 fully saturated rings. The zero-order valence-electron chi connectivity index (χ0n) is 10.9. The summed E-state index contributed by atoms with van der Waals surface area (Å²) in [7, 11) is 1.54. The Morgan fingerprint density at radius 2 is 2.11 bits per heavy atom. The molecule has 0 saturated heterocycles. The summed E-state index contributed by atoms with van der Waals surface area (Å²) in [6.07, 6.45) is 1.04. The maximum Gasteiger partial charge on any atom is 0.257 e. The lowest BCUT2D eigenvalue weighted by Crippen LogP contribution is -2.24. The van der Waals surface area contributed by atoms with Crippen LogP contribution >= 0.6 is 0 Å². The van der Waals surface area contributed by atoms with Crippen LogP contribution in [0.5, 0.6) is 5.75 Å².